The van der Waals surface area contributed by atoms with Gasteiger partial charge in [-0.05, 0) is 36.5 Å². The minimum atomic E-state index is -0.341. The van der Waals surface area contributed by atoms with Crippen LogP contribution in [0.4, 0.5) is 4.39 Å². The maximum Gasteiger partial charge on any atom is 0.236 e. The van der Waals surface area contributed by atoms with Crippen LogP contribution in [0.25, 0.3) is 0 Å². The number of piperidine rings is 1. The minimum absolute atomic E-state index is 0. The summed E-state index contributed by atoms with van der Waals surface area (Å²) in [4.78, 5) is 23.4. The Balaban J connectivity index is 0.00000363. The summed E-state index contributed by atoms with van der Waals surface area (Å²) < 4.78 is 14.0. The van der Waals surface area contributed by atoms with Crippen LogP contribution in [-0.2, 0) is 11.3 Å². The fraction of sp³-hybridized carbons (Fsp3) is 0.609. The van der Waals surface area contributed by atoms with Gasteiger partial charge >= 0.3 is 0 Å². The molecule has 1 N–H and O–H groups in total. The summed E-state index contributed by atoms with van der Waals surface area (Å²) >= 11 is 0. The van der Waals surface area contributed by atoms with Gasteiger partial charge in [0, 0.05) is 58.4 Å². The molecule has 0 spiro atoms. The molecule has 0 bridgehead atoms. The summed E-state index contributed by atoms with van der Waals surface area (Å²) in [5.74, 6) is 1.72. The van der Waals surface area contributed by atoms with Crippen molar-refractivity contribution in [3.63, 3.8) is 0 Å². The smallest absolute Gasteiger partial charge is 0.236 e. The van der Waals surface area contributed by atoms with E-state index in [2.05, 4.69) is 34.0 Å². The fourth-order valence-corrected chi connectivity index (χ4v) is 4.56. The summed E-state index contributed by atoms with van der Waals surface area (Å²) in [7, 11) is 1.71. The van der Waals surface area contributed by atoms with Gasteiger partial charge in [0.1, 0.15) is 5.82 Å². The Hall–Kier alpha value is -1.93. The van der Waals surface area contributed by atoms with E-state index in [4.69, 9.17) is 5.26 Å². The molecule has 2 aliphatic rings. The number of halogens is 2. The van der Waals surface area contributed by atoms with Crippen molar-refractivity contribution in [1.82, 2.24) is 20.0 Å². The summed E-state index contributed by atoms with van der Waals surface area (Å²) in [6.45, 7) is 9.95. The van der Waals surface area contributed by atoms with Gasteiger partial charge in [0.15, 0.2) is 5.96 Å². The average Bonchev–Trinajstić information content (AvgIpc) is 2.75. The predicted molar refractivity (Wildman–Crippen MR) is 134 cm³/mol. The van der Waals surface area contributed by atoms with E-state index in [0.717, 1.165) is 39.3 Å². The highest BCUT2D eigenvalue weighted by Crippen LogP contribution is 2.21. The Morgan fingerprint density at radius 3 is 2.44 bits per heavy atom. The van der Waals surface area contributed by atoms with Gasteiger partial charge in [0.25, 0.3) is 0 Å². The van der Waals surface area contributed by atoms with E-state index in [1.165, 1.54) is 18.6 Å². The molecule has 9 heteroatoms. The highest BCUT2D eigenvalue weighted by Gasteiger charge is 2.28. The molecule has 2 fully saturated rings. The van der Waals surface area contributed by atoms with Gasteiger partial charge in [-0.3, -0.25) is 14.7 Å². The first-order chi connectivity index (χ1) is 14.9. The van der Waals surface area contributed by atoms with Crippen LogP contribution in [0.1, 0.15) is 31.4 Å². The number of carbonyl (C=O) groups excluding carboxylic acids is 1. The number of piperazine rings is 1. The van der Waals surface area contributed by atoms with E-state index >= 15 is 0 Å². The number of amides is 1. The number of hydrogen-bond acceptors (Lipinski definition) is 4. The summed E-state index contributed by atoms with van der Waals surface area (Å²) in [6, 6.07) is 6.38. The number of rotatable bonds is 4. The molecule has 2 atom stereocenters. The molecule has 2 aliphatic heterocycles. The van der Waals surface area contributed by atoms with Gasteiger partial charge < -0.3 is 15.1 Å². The van der Waals surface area contributed by atoms with Crippen molar-refractivity contribution in [3.8, 4) is 6.07 Å². The standard InChI is InChI=1S/C23H33FN6O.HI/c1-17-10-18(2)15-30(14-17)22(31)16-28-6-8-29(9-7-28)23(26-3)27-13-20-11-19(12-25)4-5-21(20)24;/h4-5,11,17-18H,6-10,13-16H2,1-3H3,(H,26,27);1H. The van der Waals surface area contributed by atoms with Crippen molar-refractivity contribution in [3.05, 3.63) is 35.1 Å². The number of guanidine groups is 1. The lowest BCUT2D eigenvalue weighted by atomic mass is 9.92. The molecule has 3 rings (SSSR count). The van der Waals surface area contributed by atoms with Crippen molar-refractivity contribution >= 4 is 35.8 Å². The van der Waals surface area contributed by atoms with Crippen LogP contribution >= 0.6 is 24.0 Å². The third-order valence-corrected chi connectivity index (χ3v) is 6.08. The highest BCUT2D eigenvalue weighted by atomic mass is 127. The van der Waals surface area contributed by atoms with E-state index in [1.54, 1.807) is 13.1 Å². The molecule has 0 radical (unpaired) electrons. The van der Waals surface area contributed by atoms with E-state index in [1.807, 2.05) is 11.0 Å². The lowest BCUT2D eigenvalue weighted by molar-refractivity contribution is -0.135. The number of nitrogens with zero attached hydrogens (tertiary/aromatic N) is 5. The second-order valence-corrected chi connectivity index (χ2v) is 8.83. The zero-order valence-corrected chi connectivity index (χ0v) is 21.5. The third kappa shape index (κ3) is 7.04. The zero-order chi connectivity index (χ0) is 22.4. The van der Waals surface area contributed by atoms with Crippen molar-refractivity contribution in [2.75, 3.05) is 52.9 Å². The van der Waals surface area contributed by atoms with Crippen LogP contribution in [-0.4, -0.2) is 79.4 Å². The summed E-state index contributed by atoms with van der Waals surface area (Å²) in [5, 5.41) is 12.2. The van der Waals surface area contributed by atoms with Crippen molar-refractivity contribution in [2.45, 2.75) is 26.8 Å². The molecule has 2 heterocycles. The van der Waals surface area contributed by atoms with E-state index in [0.29, 0.717) is 35.5 Å². The molecular weight excluding hydrogens is 522 g/mol. The van der Waals surface area contributed by atoms with Crippen LogP contribution in [0, 0.1) is 29.0 Å². The predicted octanol–water partition coefficient (Wildman–Crippen LogP) is 2.51. The molecular formula is C23H34FIN6O. The van der Waals surface area contributed by atoms with Gasteiger partial charge in [-0.2, -0.15) is 5.26 Å². The summed E-state index contributed by atoms with van der Waals surface area (Å²) in [6.07, 6.45) is 1.19. The molecule has 1 amide bonds. The first-order valence-electron chi connectivity index (χ1n) is 11.0. The number of nitriles is 1. The maximum atomic E-state index is 14.0. The number of aliphatic imine (C=N–C) groups is 1. The largest absolute Gasteiger partial charge is 0.352 e. The normalized spacial score (nSPS) is 22.2. The topological polar surface area (TPSA) is 75.0 Å². The third-order valence-electron chi connectivity index (χ3n) is 6.08. The van der Waals surface area contributed by atoms with Gasteiger partial charge in [-0.15, -0.1) is 24.0 Å². The second kappa shape index (κ2) is 12.3. The molecule has 1 aromatic rings. The Morgan fingerprint density at radius 2 is 1.84 bits per heavy atom. The molecule has 2 unspecified atom stereocenters. The molecule has 7 nitrogen and oxygen atoms in total. The molecule has 0 saturated carbocycles. The van der Waals surface area contributed by atoms with Gasteiger partial charge in [-0.1, -0.05) is 13.8 Å². The lowest BCUT2D eigenvalue weighted by Gasteiger charge is -2.39. The minimum Gasteiger partial charge on any atom is -0.352 e. The molecule has 176 valence electrons. The average molecular weight is 556 g/mol. The molecule has 32 heavy (non-hydrogen) atoms. The molecule has 1 aromatic carbocycles. The van der Waals surface area contributed by atoms with Crippen molar-refractivity contribution in [1.29, 1.82) is 5.26 Å². The van der Waals surface area contributed by atoms with E-state index < -0.39 is 0 Å². The van der Waals surface area contributed by atoms with Crippen LogP contribution in [0.2, 0.25) is 0 Å². The molecule has 0 aliphatic carbocycles. The number of likely N-dealkylation sites (tertiary alicyclic amines) is 1. The van der Waals surface area contributed by atoms with Gasteiger partial charge in [0.05, 0.1) is 18.2 Å². The molecule has 2 saturated heterocycles. The number of hydrogen-bond donors (Lipinski definition) is 1. The van der Waals surface area contributed by atoms with Crippen LogP contribution in [0.5, 0.6) is 0 Å². The fourth-order valence-electron chi connectivity index (χ4n) is 4.56. The molecule has 0 aromatic heterocycles. The lowest BCUT2D eigenvalue weighted by Crippen LogP contribution is -2.55. The first-order valence-corrected chi connectivity index (χ1v) is 11.0. The van der Waals surface area contributed by atoms with Crippen molar-refractivity contribution in [2.24, 2.45) is 16.8 Å². The van der Waals surface area contributed by atoms with Gasteiger partial charge in [0.2, 0.25) is 5.91 Å². The van der Waals surface area contributed by atoms with Crippen LogP contribution < -0.4 is 5.32 Å². The monoisotopic (exact) mass is 556 g/mol. The van der Waals surface area contributed by atoms with Crippen molar-refractivity contribution < 1.29 is 9.18 Å². The first kappa shape index (κ1) is 26.3. The zero-order valence-electron chi connectivity index (χ0n) is 19.2. The van der Waals surface area contributed by atoms with Crippen LogP contribution in [0.3, 0.4) is 0 Å². The van der Waals surface area contributed by atoms with Crippen LogP contribution in [0.15, 0.2) is 23.2 Å². The van der Waals surface area contributed by atoms with Gasteiger partial charge in [-0.25, -0.2) is 4.39 Å². The highest BCUT2D eigenvalue weighted by molar-refractivity contribution is 14.0. The number of carbonyl (C=O) groups is 1. The Labute approximate surface area is 207 Å². The number of nitrogens with one attached hydrogen (secondary N) is 1. The SMILES string of the molecule is CN=C(NCc1cc(C#N)ccc1F)N1CCN(CC(=O)N2CC(C)CC(C)C2)CC1.I. The second-order valence-electron chi connectivity index (χ2n) is 8.83. The maximum absolute atomic E-state index is 14.0. The van der Waals surface area contributed by atoms with E-state index in [9.17, 15) is 9.18 Å². The quantitative estimate of drug-likeness (QED) is 0.351. The summed E-state index contributed by atoms with van der Waals surface area (Å²) in [5.41, 5.74) is 0.874. The van der Waals surface area contributed by atoms with E-state index in [-0.39, 0.29) is 42.2 Å². The Bertz CT molecular complexity index is 839. The number of benzene rings is 1. The Kier molecular flexibility index (Phi) is 10.2. The Morgan fingerprint density at radius 1 is 1.19 bits per heavy atom.